The van der Waals surface area contributed by atoms with Crippen molar-refractivity contribution in [2.24, 2.45) is 5.73 Å². The summed E-state index contributed by atoms with van der Waals surface area (Å²) in [4.78, 5) is 0. The Morgan fingerprint density at radius 3 is 2.08 bits per heavy atom. The van der Waals surface area contributed by atoms with Crippen LogP contribution in [0.3, 0.4) is 0 Å². The number of hydrogen-bond donors (Lipinski definition) is 1. The molecule has 0 aromatic carbocycles. The minimum absolute atomic E-state index is 0.0739. The zero-order chi connectivity index (χ0) is 10.7. The van der Waals surface area contributed by atoms with Gasteiger partial charge in [-0.25, -0.2) is 0 Å². The highest BCUT2D eigenvalue weighted by atomic mass is 28.4. The van der Waals surface area contributed by atoms with Crippen molar-refractivity contribution in [1.29, 1.82) is 0 Å². The average molecular weight is 201 g/mol. The third kappa shape index (κ3) is 4.48. The molecule has 0 aliphatic carbocycles. The van der Waals surface area contributed by atoms with Gasteiger partial charge in [0.15, 0.2) is 0 Å². The Bertz CT molecular complexity index is 180. The molecule has 0 radical (unpaired) electrons. The van der Waals surface area contributed by atoms with E-state index in [2.05, 4.69) is 33.9 Å². The van der Waals surface area contributed by atoms with Crippen LogP contribution in [0.4, 0.5) is 0 Å². The topological polar surface area (TPSA) is 35.2 Å². The molecule has 2 N–H and O–H groups in total. The van der Waals surface area contributed by atoms with Gasteiger partial charge in [-0.2, -0.15) is 0 Å². The number of rotatable bonds is 3. The predicted octanol–water partition coefficient (Wildman–Crippen LogP) is 2.87. The Hall–Kier alpha value is -0.283. The first-order chi connectivity index (χ1) is 5.67. The van der Waals surface area contributed by atoms with Crippen LogP contribution in [0.1, 0.15) is 27.7 Å². The van der Waals surface area contributed by atoms with Crippen LogP contribution < -0.4 is 5.73 Å². The van der Waals surface area contributed by atoms with Crippen LogP contribution >= 0.6 is 0 Å². The Morgan fingerprint density at radius 2 is 1.77 bits per heavy atom. The summed E-state index contributed by atoms with van der Waals surface area (Å²) >= 11 is 0. The largest absolute Gasteiger partial charge is 0.549 e. The van der Waals surface area contributed by atoms with E-state index in [1.807, 2.05) is 13.0 Å². The minimum atomic E-state index is -1.61. The van der Waals surface area contributed by atoms with E-state index in [9.17, 15) is 0 Å². The molecule has 2 nitrogen and oxygen atoms in total. The van der Waals surface area contributed by atoms with Gasteiger partial charge in [0.05, 0.1) is 6.26 Å². The molecule has 0 aliphatic rings. The molecule has 0 aromatic rings. The van der Waals surface area contributed by atoms with Gasteiger partial charge in [0.2, 0.25) is 8.32 Å². The summed E-state index contributed by atoms with van der Waals surface area (Å²) in [6.45, 7) is 13.0. The summed E-state index contributed by atoms with van der Waals surface area (Å²) in [5, 5.41) is 0.259. The second-order valence-electron chi connectivity index (χ2n) is 5.07. The highest BCUT2D eigenvalue weighted by Crippen LogP contribution is 2.36. The van der Waals surface area contributed by atoms with Crippen molar-refractivity contribution in [2.75, 3.05) is 0 Å². The summed E-state index contributed by atoms with van der Waals surface area (Å²) in [7, 11) is -1.61. The van der Waals surface area contributed by atoms with Crippen LogP contribution in [0.5, 0.6) is 0 Å². The van der Waals surface area contributed by atoms with Crippen molar-refractivity contribution < 1.29 is 4.43 Å². The molecule has 0 amide bonds. The fourth-order valence-corrected chi connectivity index (χ4v) is 1.28. The molecule has 0 saturated carbocycles. The van der Waals surface area contributed by atoms with Gasteiger partial charge in [0, 0.05) is 6.04 Å². The molecule has 0 heterocycles. The van der Waals surface area contributed by atoms with Gasteiger partial charge in [-0.3, -0.25) is 0 Å². The van der Waals surface area contributed by atoms with E-state index in [4.69, 9.17) is 10.2 Å². The standard InChI is InChI=1S/C10H23NOSi/c1-9(11)7-8-12-13(5,6)10(2,3)4/h7-9H,11H2,1-6H3/t9-/m0/s1. The fraction of sp³-hybridized carbons (Fsp3) is 0.800. The maximum absolute atomic E-state index is 5.78. The van der Waals surface area contributed by atoms with Crippen LogP contribution in [-0.4, -0.2) is 14.4 Å². The molecular weight excluding hydrogens is 178 g/mol. The van der Waals surface area contributed by atoms with E-state index < -0.39 is 8.32 Å². The van der Waals surface area contributed by atoms with Gasteiger partial charge in [0.1, 0.15) is 0 Å². The molecule has 3 heteroatoms. The highest BCUT2D eigenvalue weighted by molar-refractivity contribution is 6.74. The van der Waals surface area contributed by atoms with E-state index in [1.54, 1.807) is 6.26 Å². The maximum atomic E-state index is 5.78. The van der Waals surface area contributed by atoms with E-state index in [1.165, 1.54) is 0 Å². The Labute approximate surface area is 83.3 Å². The predicted molar refractivity (Wildman–Crippen MR) is 61.1 cm³/mol. The summed E-state index contributed by atoms with van der Waals surface area (Å²) in [6.07, 6.45) is 3.66. The second-order valence-corrected chi connectivity index (χ2v) is 9.82. The number of hydrogen-bond acceptors (Lipinski definition) is 2. The van der Waals surface area contributed by atoms with Gasteiger partial charge in [-0.15, -0.1) is 0 Å². The van der Waals surface area contributed by atoms with Gasteiger partial charge in [-0.1, -0.05) is 20.8 Å². The van der Waals surface area contributed by atoms with Crippen molar-refractivity contribution in [1.82, 2.24) is 0 Å². The molecule has 0 unspecified atom stereocenters. The van der Waals surface area contributed by atoms with Crippen molar-refractivity contribution >= 4 is 8.32 Å². The lowest BCUT2D eigenvalue weighted by Crippen LogP contribution is -2.39. The fourth-order valence-electron chi connectivity index (χ4n) is 0.510. The lowest BCUT2D eigenvalue weighted by molar-refractivity contribution is 0.427. The van der Waals surface area contributed by atoms with E-state index in [-0.39, 0.29) is 11.1 Å². The normalized spacial score (nSPS) is 16.2. The lowest BCUT2D eigenvalue weighted by Gasteiger charge is -2.35. The molecule has 0 fully saturated rings. The van der Waals surface area contributed by atoms with Crippen LogP contribution in [0, 0.1) is 0 Å². The van der Waals surface area contributed by atoms with Gasteiger partial charge >= 0.3 is 0 Å². The highest BCUT2D eigenvalue weighted by Gasteiger charge is 2.37. The van der Waals surface area contributed by atoms with E-state index >= 15 is 0 Å². The summed E-state index contributed by atoms with van der Waals surface area (Å²) in [6, 6.07) is 0.0739. The summed E-state index contributed by atoms with van der Waals surface area (Å²) in [5.41, 5.74) is 5.58. The van der Waals surface area contributed by atoms with E-state index in [0.29, 0.717) is 0 Å². The first-order valence-corrected chi connectivity index (χ1v) is 7.68. The van der Waals surface area contributed by atoms with Crippen LogP contribution in [0.15, 0.2) is 12.3 Å². The Kier molecular flexibility index (Phi) is 4.19. The number of nitrogens with two attached hydrogens (primary N) is 1. The monoisotopic (exact) mass is 201 g/mol. The third-order valence-corrected chi connectivity index (χ3v) is 6.89. The van der Waals surface area contributed by atoms with Crippen LogP contribution in [-0.2, 0) is 4.43 Å². The Balaban J connectivity index is 4.20. The quantitative estimate of drug-likeness (QED) is 0.563. The van der Waals surface area contributed by atoms with Crippen molar-refractivity contribution in [2.45, 2.75) is 51.9 Å². The summed E-state index contributed by atoms with van der Waals surface area (Å²) < 4.78 is 5.78. The van der Waals surface area contributed by atoms with Gasteiger partial charge in [-0.05, 0) is 31.1 Å². The van der Waals surface area contributed by atoms with E-state index in [0.717, 1.165) is 0 Å². The molecule has 0 rings (SSSR count). The molecular formula is C10H23NOSi. The first-order valence-electron chi connectivity index (χ1n) is 4.77. The molecule has 0 aromatic heterocycles. The lowest BCUT2D eigenvalue weighted by atomic mass is 10.2. The van der Waals surface area contributed by atoms with Gasteiger partial charge < -0.3 is 10.2 Å². The molecule has 78 valence electrons. The van der Waals surface area contributed by atoms with Crippen molar-refractivity contribution in [3.05, 3.63) is 12.3 Å². The summed E-state index contributed by atoms with van der Waals surface area (Å²) in [5.74, 6) is 0. The maximum Gasteiger partial charge on any atom is 0.249 e. The first kappa shape index (κ1) is 12.7. The molecule has 0 saturated heterocycles. The smallest absolute Gasteiger partial charge is 0.249 e. The van der Waals surface area contributed by atoms with Crippen molar-refractivity contribution in [3.8, 4) is 0 Å². The van der Waals surface area contributed by atoms with Crippen LogP contribution in [0.2, 0.25) is 18.1 Å². The SMILES string of the molecule is C[C@H](N)C=CO[Si](C)(C)C(C)(C)C. The molecule has 13 heavy (non-hydrogen) atoms. The second kappa shape index (κ2) is 4.29. The molecule has 0 bridgehead atoms. The molecule has 0 spiro atoms. The minimum Gasteiger partial charge on any atom is -0.549 e. The van der Waals surface area contributed by atoms with Crippen LogP contribution in [0.25, 0.3) is 0 Å². The zero-order valence-corrected chi connectivity index (χ0v) is 10.7. The molecule has 1 atom stereocenters. The Morgan fingerprint density at radius 1 is 1.31 bits per heavy atom. The third-order valence-electron chi connectivity index (χ3n) is 2.55. The molecule has 0 aliphatic heterocycles. The van der Waals surface area contributed by atoms with Gasteiger partial charge in [0.25, 0.3) is 0 Å². The van der Waals surface area contributed by atoms with Crippen molar-refractivity contribution in [3.63, 3.8) is 0 Å². The average Bonchev–Trinajstić information content (AvgIpc) is 1.82. The zero-order valence-electron chi connectivity index (χ0n) is 9.72.